The number of aryl methyl sites for hydroxylation is 1. The number of fused-ring (bicyclic) bond motifs is 4. The Kier molecular flexibility index (Phi) is 10.2. The van der Waals surface area contributed by atoms with Crippen LogP contribution in [0.3, 0.4) is 0 Å². The van der Waals surface area contributed by atoms with Gasteiger partial charge in [0.1, 0.15) is 5.60 Å². The number of aliphatic hydroxyl groups is 2. The van der Waals surface area contributed by atoms with Gasteiger partial charge in [-0.15, -0.1) is 3.77 Å². The van der Waals surface area contributed by atoms with Crippen LogP contribution in [0.2, 0.25) is 0 Å². The molecule has 0 radical (unpaired) electrons. The van der Waals surface area contributed by atoms with E-state index < -0.39 is 78.4 Å². The monoisotopic (exact) mass is 877 g/mol. The number of rotatable bonds is 6. The van der Waals surface area contributed by atoms with Crippen molar-refractivity contribution in [1.82, 2.24) is 0 Å². The highest BCUT2D eigenvalue weighted by Gasteiger charge is 2.79. The lowest BCUT2D eigenvalue weighted by atomic mass is 9.49. The van der Waals surface area contributed by atoms with Crippen LogP contribution in [0.25, 0.3) is 11.1 Å². The molecule has 8 rings (SSSR count). The Bertz CT molecular complexity index is 2430. The molecule has 5 aliphatic rings. The molecule has 8 nitrogen and oxygen atoms in total. The lowest BCUT2D eigenvalue weighted by Crippen LogP contribution is -2.65. The second kappa shape index (κ2) is 14.2. The minimum Gasteiger partial charge on any atom is -0.385 e. The summed E-state index contributed by atoms with van der Waals surface area (Å²) in [6.45, 7) is 8.17. The summed E-state index contributed by atoms with van der Waals surface area (Å²) in [5, 5.41) is 24.2. The van der Waals surface area contributed by atoms with Crippen LogP contribution in [-0.2, 0) is 29.2 Å². The number of benzene rings is 3. The van der Waals surface area contributed by atoms with E-state index >= 15 is 8.78 Å². The minimum atomic E-state index is -5.96. The highest BCUT2D eigenvalue weighted by Crippen LogP contribution is 2.71. The van der Waals surface area contributed by atoms with E-state index in [0.717, 1.165) is 16.7 Å². The van der Waals surface area contributed by atoms with Gasteiger partial charge in [0.25, 0.3) is 10.0 Å². The molecule has 1 saturated heterocycles. The van der Waals surface area contributed by atoms with Gasteiger partial charge in [-0.25, -0.2) is 4.21 Å². The molecular formula is C45H52F5NO7S2. The van der Waals surface area contributed by atoms with E-state index in [9.17, 15) is 36.0 Å². The maximum absolute atomic E-state index is 15.6. The summed E-state index contributed by atoms with van der Waals surface area (Å²) < 4.78 is 130. The molecule has 4 fully saturated rings. The number of hydrogen-bond donors (Lipinski definition) is 2. The van der Waals surface area contributed by atoms with Crippen molar-refractivity contribution in [3.05, 3.63) is 95.1 Å². The first-order chi connectivity index (χ1) is 27.8. The summed E-state index contributed by atoms with van der Waals surface area (Å²) in [7, 11) is -7.60. The van der Waals surface area contributed by atoms with Crippen molar-refractivity contribution < 1.29 is 54.3 Å². The van der Waals surface area contributed by atoms with Gasteiger partial charge in [0.15, 0.2) is 5.79 Å². The van der Waals surface area contributed by atoms with Crippen LogP contribution in [0.15, 0.2) is 97.5 Å². The van der Waals surface area contributed by atoms with Gasteiger partial charge in [-0.1, -0.05) is 80.4 Å². The van der Waals surface area contributed by atoms with Gasteiger partial charge >= 0.3 is 12.1 Å². The zero-order valence-corrected chi connectivity index (χ0v) is 36.0. The van der Waals surface area contributed by atoms with Crippen LogP contribution in [-0.4, -0.2) is 71.4 Å². The maximum Gasteiger partial charge on any atom is 0.456 e. The number of nitrogens with zero attached hydrogens (tertiary/aromatic N) is 1. The molecule has 3 saturated carbocycles. The van der Waals surface area contributed by atoms with Crippen molar-refractivity contribution in [2.75, 3.05) is 19.5 Å². The van der Waals surface area contributed by atoms with E-state index in [-0.39, 0.29) is 40.9 Å². The minimum absolute atomic E-state index is 0.0132. The quantitative estimate of drug-likeness (QED) is 0.187. The first-order valence-electron chi connectivity index (χ1n) is 20.4. The van der Waals surface area contributed by atoms with Crippen LogP contribution >= 0.6 is 0 Å². The third-order valence-electron chi connectivity index (χ3n) is 14.4. The Hall–Kier alpha value is -3.21. The molecule has 3 unspecified atom stereocenters. The Labute approximate surface area is 348 Å². The molecule has 60 heavy (non-hydrogen) atoms. The smallest absolute Gasteiger partial charge is 0.385 e. The molecule has 4 aliphatic carbocycles. The second-order valence-electron chi connectivity index (χ2n) is 19.0. The van der Waals surface area contributed by atoms with E-state index in [4.69, 9.17) is 9.47 Å². The van der Waals surface area contributed by atoms with Gasteiger partial charge < -0.3 is 19.7 Å². The summed E-state index contributed by atoms with van der Waals surface area (Å²) in [6.07, 6.45) is -3.99. The molecule has 7 atom stereocenters. The molecule has 0 bridgehead atoms. The van der Waals surface area contributed by atoms with Crippen molar-refractivity contribution in [1.29, 1.82) is 0 Å². The molecule has 326 valence electrons. The van der Waals surface area contributed by atoms with Crippen molar-refractivity contribution in [2.45, 2.75) is 124 Å². The molecule has 0 aromatic heterocycles. The predicted molar refractivity (Wildman–Crippen MR) is 216 cm³/mol. The highest BCUT2D eigenvalue weighted by molar-refractivity contribution is 8.03. The normalized spacial score (nSPS) is 32.4. The zero-order valence-electron chi connectivity index (χ0n) is 34.3. The van der Waals surface area contributed by atoms with Gasteiger partial charge in [-0.2, -0.15) is 30.4 Å². The van der Waals surface area contributed by atoms with Crippen molar-refractivity contribution in [3.8, 4) is 11.1 Å². The van der Waals surface area contributed by atoms with Crippen LogP contribution in [0.1, 0.15) is 89.2 Å². The fourth-order valence-electron chi connectivity index (χ4n) is 11.1. The fourth-order valence-corrected chi connectivity index (χ4v) is 14.4. The first-order valence-corrected chi connectivity index (χ1v) is 23.8. The van der Waals surface area contributed by atoms with Crippen molar-refractivity contribution >= 4 is 19.8 Å². The van der Waals surface area contributed by atoms with Gasteiger partial charge in [-0.05, 0) is 104 Å². The molecule has 0 amide bonds. The molecule has 2 N–H and O–H groups in total. The second-order valence-corrected chi connectivity index (χ2v) is 23.1. The number of alkyl halides is 5. The van der Waals surface area contributed by atoms with Crippen molar-refractivity contribution in [3.63, 3.8) is 0 Å². The van der Waals surface area contributed by atoms with E-state index in [1.165, 1.54) is 25.3 Å². The largest absolute Gasteiger partial charge is 0.456 e. The Morgan fingerprint density at radius 3 is 1.92 bits per heavy atom. The Balaban J connectivity index is 1.15. The average molecular weight is 878 g/mol. The van der Waals surface area contributed by atoms with Crippen LogP contribution in [0.4, 0.5) is 22.0 Å². The van der Waals surface area contributed by atoms with Gasteiger partial charge in [0, 0.05) is 40.7 Å². The number of hydrogen-bond acceptors (Lipinski definition) is 7. The van der Waals surface area contributed by atoms with E-state index in [0.29, 0.717) is 49.2 Å². The zero-order chi connectivity index (χ0) is 43.5. The Morgan fingerprint density at radius 1 is 0.767 bits per heavy atom. The predicted octanol–water partition coefficient (Wildman–Crippen LogP) is 9.73. The molecule has 3 aromatic rings. The number of allylic oxidation sites excluding steroid dienone is 1. The van der Waals surface area contributed by atoms with E-state index in [1.807, 2.05) is 20.8 Å². The van der Waals surface area contributed by atoms with Crippen LogP contribution in [0, 0.1) is 29.6 Å². The summed E-state index contributed by atoms with van der Waals surface area (Å²) in [5.74, 6) is -8.16. The topological polar surface area (TPSA) is 122 Å². The molecule has 1 aliphatic heterocycles. The summed E-state index contributed by atoms with van der Waals surface area (Å²) in [6, 6.07) is 19.7. The lowest BCUT2D eigenvalue weighted by molar-refractivity contribution is -0.362. The van der Waals surface area contributed by atoms with Gasteiger partial charge in [0.2, 0.25) is 0 Å². The summed E-state index contributed by atoms with van der Waals surface area (Å²) in [4.78, 5) is 0.132. The fraction of sp³-hybridized carbons (Fsp3) is 0.556. The maximum atomic E-state index is 15.6. The molecule has 1 heterocycles. The standard InChI is InChI=1S/C45H52F5NO7S2/c1-28-6-14-33(15-7-28)60(55,56)51-59(5,54)32-16-12-30(13-17-32)29-8-10-31(11-9-29)35-24-40(4)36(20-23-43(40,53)44(46,47)45(48,49)50)34-18-21-41(52)25-42(22-19-37(41)38(34)35)57-26-39(2,3)27-58-42/h6-17,34-36,52-53H,18-27H2,1-5H3/t34?,35-,36?,40+,41-,43+,59?/m1/s1. The first kappa shape index (κ1) is 43.4. The molecule has 3 aromatic carbocycles. The van der Waals surface area contributed by atoms with Gasteiger partial charge in [0.05, 0.1) is 33.4 Å². The molecule has 1 spiro atoms. The Morgan fingerprint density at radius 2 is 1.33 bits per heavy atom. The average Bonchev–Trinajstić information content (AvgIpc) is 3.46. The number of ether oxygens (including phenoxy) is 2. The number of sulfonamides is 1. The SMILES string of the molecule is Cc1ccc(S(=O)(=O)N=S(C)(=O)c2ccc(-c3ccc([C@H]4C[C@@]5(C)C(CC[C@@]5(O)C(F)(F)C(F)(F)F)C5CC[C@@]6(O)CC7(CCC6=C54)OCC(C)(C)CO7)cc3)cc2)cc1. The van der Waals surface area contributed by atoms with Crippen molar-refractivity contribution in [2.24, 2.45) is 26.4 Å². The van der Waals surface area contributed by atoms with Crippen LogP contribution < -0.4 is 0 Å². The summed E-state index contributed by atoms with van der Waals surface area (Å²) >= 11 is 0. The van der Waals surface area contributed by atoms with E-state index in [2.05, 4.69) is 3.77 Å². The third-order valence-corrected chi connectivity index (χ3v) is 18.3. The highest BCUT2D eigenvalue weighted by atomic mass is 32.3. The molecular weight excluding hydrogens is 826 g/mol. The molecule has 15 heteroatoms. The third kappa shape index (κ3) is 6.97. The lowest BCUT2D eigenvalue weighted by Gasteiger charge is -2.59. The van der Waals surface area contributed by atoms with Crippen LogP contribution in [0.5, 0.6) is 0 Å². The van der Waals surface area contributed by atoms with E-state index in [1.54, 1.807) is 60.7 Å². The summed E-state index contributed by atoms with van der Waals surface area (Å²) in [5.41, 5.74) is -2.17. The number of halogens is 5. The van der Waals surface area contributed by atoms with Gasteiger partial charge in [-0.3, -0.25) is 0 Å².